The van der Waals surface area contributed by atoms with Gasteiger partial charge in [0.25, 0.3) is 5.56 Å². The minimum Gasteiger partial charge on any atom is -0.506 e. The molecule has 31 heavy (non-hydrogen) atoms. The predicted octanol–water partition coefficient (Wildman–Crippen LogP) is 4.01. The summed E-state index contributed by atoms with van der Waals surface area (Å²) in [6.07, 6.45) is 0. The van der Waals surface area contributed by atoms with E-state index >= 15 is 4.39 Å². The van der Waals surface area contributed by atoms with E-state index in [9.17, 15) is 14.7 Å². The van der Waals surface area contributed by atoms with E-state index in [1.165, 1.54) is 28.8 Å². The van der Waals surface area contributed by atoms with Gasteiger partial charge in [-0.3, -0.25) is 9.36 Å². The average molecular weight is 445 g/mol. The summed E-state index contributed by atoms with van der Waals surface area (Å²) in [5.41, 5.74) is -0.788. The van der Waals surface area contributed by atoms with Crippen LogP contribution in [0, 0.1) is 5.82 Å². The standard InChI is InChI=1S/C22H25FN2O5Si/c1-29-22(28)15-8-5-7-14(18(15)23)19-21(27)25(13-30-11-12-31(2,3)4)16-9-6-10-17(26)20(16)24-19/h5-10,26H,11-13H2,1-4H3. The summed E-state index contributed by atoms with van der Waals surface area (Å²) >= 11 is 0. The van der Waals surface area contributed by atoms with Crippen LogP contribution in [0.2, 0.25) is 25.7 Å². The van der Waals surface area contributed by atoms with Gasteiger partial charge in [0.2, 0.25) is 0 Å². The van der Waals surface area contributed by atoms with Crippen molar-refractivity contribution in [2.75, 3.05) is 13.7 Å². The number of esters is 1. The topological polar surface area (TPSA) is 90.7 Å². The van der Waals surface area contributed by atoms with Gasteiger partial charge in [0.15, 0.2) is 0 Å². The fourth-order valence-corrected chi connectivity index (χ4v) is 3.83. The number of carbonyl (C=O) groups excluding carboxylic acids is 1. The first kappa shape index (κ1) is 22.6. The summed E-state index contributed by atoms with van der Waals surface area (Å²) in [6, 6.07) is 9.64. The van der Waals surface area contributed by atoms with E-state index in [4.69, 9.17) is 4.74 Å². The molecule has 0 amide bonds. The molecule has 7 nitrogen and oxygen atoms in total. The van der Waals surface area contributed by atoms with Crippen LogP contribution in [-0.4, -0.2) is 42.4 Å². The van der Waals surface area contributed by atoms with E-state index in [0.29, 0.717) is 12.1 Å². The number of phenolic OH excluding ortho intramolecular Hbond substituents is 1. The maximum atomic E-state index is 15.1. The first-order valence-corrected chi connectivity index (χ1v) is 13.5. The Balaban J connectivity index is 2.14. The van der Waals surface area contributed by atoms with Gasteiger partial charge in [-0.2, -0.15) is 0 Å². The highest BCUT2D eigenvalue weighted by molar-refractivity contribution is 6.76. The third kappa shape index (κ3) is 4.83. The van der Waals surface area contributed by atoms with Gasteiger partial charge >= 0.3 is 5.97 Å². The van der Waals surface area contributed by atoms with Gasteiger partial charge < -0.3 is 14.6 Å². The highest BCUT2D eigenvalue weighted by atomic mass is 28.3. The van der Waals surface area contributed by atoms with Crippen molar-refractivity contribution < 1.29 is 23.8 Å². The first-order valence-electron chi connectivity index (χ1n) is 9.81. The molecule has 2 aromatic carbocycles. The molecule has 164 valence electrons. The minimum atomic E-state index is -1.32. The number of hydrogen-bond donors (Lipinski definition) is 1. The zero-order valence-corrected chi connectivity index (χ0v) is 18.9. The molecule has 0 radical (unpaired) electrons. The highest BCUT2D eigenvalue weighted by Crippen LogP contribution is 2.27. The lowest BCUT2D eigenvalue weighted by Gasteiger charge is -2.17. The van der Waals surface area contributed by atoms with Crippen molar-refractivity contribution in [2.45, 2.75) is 32.4 Å². The number of carbonyl (C=O) groups is 1. The summed E-state index contributed by atoms with van der Waals surface area (Å²) in [6.45, 7) is 7.07. The second-order valence-corrected chi connectivity index (χ2v) is 14.0. The largest absolute Gasteiger partial charge is 0.506 e. The van der Waals surface area contributed by atoms with E-state index < -0.39 is 25.4 Å². The number of aromatic nitrogens is 2. The number of aromatic hydroxyl groups is 1. The number of para-hydroxylation sites is 1. The van der Waals surface area contributed by atoms with E-state index in [-0.39, 0.29) is 34.8 Å². The third-order valence-corrected chi connectivity index (χ3v) is 6.54. The Morgan fingerprint density at radius 3 is 2.58 bits per heavy atom. The molecule has 9 heteroatoms. The van der Waals surface area contributed by atoms with Gasteiger partial charge in [-0.25, -0.2) is 14.2 Å². The number of methoxy groups -OCH3 is 1. The average Bonchev–Trinajstić information content (AvgIpc) is 2.71. The van der Waals surface area contributed by atoms with Crippen molar-refractivity contribution in [3.8, 4) is 17.0 Å². The van der Waals surface area contributed by atoms with Crippen LogP contribution >= 0.6 is 0 Å². The van der Waals surface area contributed by atoms with Crippen LogP contribution in [0.15, 0.2) is 41.2 Å². The Morgan fingerprint density at radius 2 is 1.90 bits per heavy atom. The highest BCUT2D eigenvalue weighted by Gasteiger charge is 2.22. The molecule has 0 aliphatic rings. The summed E-state index contributed by atoms with van der Waals surface area (Å²) in [5.74, 6) is -1.93. The molecular weight excluding hydrogens is 419 g/mol. The first-order chi connectivity index (χ1) is 14.6. The van der Waals surface area contributed by atoms with Gasteiger partial charge in [0.1, 0.15) is 29.5 Å². The van der Waals surface area contributed by atoms with E-state index in [1.807, 2.05) is 0 Å². The molecule has 1 N–H and O–H groups in total. The number of nitrogens with zero attached hydrogens (tertiary/aromatic N) is 2. The summed E-state index contributed by atoms with van der Waals surface area (Å²) in [5, 5.41) is 10.3. The number of hydrogen-bond acceptors (Lipinski definition) is 6. The quantitative estimate of drug-likeness (QED) is 0.336. The van der Waals surface area contributed by atoms with Gasteiger partial charge in [-0.15, -0.1) is 0 Å². The van der Waals surface area contributed by atoms with Crippen LogP contribution in [0.3, 0.4) is 0 Å². The number of phenols is 1. The third-order valence-electron chi connectivity index (χ3n) is 4.83. The van der Waals surface area contributed by atoms with E-state index in [1.54, 1.807) is 12.1 Å². The smallest absolute Gasteiger partial charge is 0.340 e. The van der Waals surface area contributed by atoms with E-state index in [0.717, 1.165) is 13.2 Å². The van der Waals surface area contributed by atoms with Gasteiger partial charge in [-0.1, -0.05) is 31.8 Å². The molecule has 0 atom stereocenters. The van der Waals surface area contributed by atoms with Crippen molar-refractivity contribution >= 4 is 25.1 Å². The summed E-state index contributed by atoms with van der Waals surface area (Å²) in [4.78, 5) is 29.4. The van der Waals surface area contributed by atoms with Crippen molar-refractivity contribution in [3.63, 3.8) is 0 Å². The molecule has 0 saturated heterocycles. The molecule has 0 aliphatic heterocycles. The maximum Gasteiger partial charge on any atom is 0.340 e. The van der Waals surface area contributed by atoms with Gasteiger partial charge in [0.05, 0.1) is 18.2 Å². The fourth-order valence-electron chi connectivity index (χ4n) is 3.07. The molecule has 1 aromatic heterocycles. The molecule has 0 aliphatic carbocycles. The molecule has 0 bridgehead atoms. The molecule has 1 heterocycles. The Morgan fingerprint density at radius 1 is 1.19 bits per heavy atom. The zero-order valence-electron chi connectivity index (χ0n) is 17.9. The second kappa shape index (κ2) is 8.99. The lowest BCUT2D eigenvalue weighted by atomic mass is 10.1. The monoisotopic (exact) mass is 444 g/mol. The van der Waals surface area contributed by atoms with Crippen molar-refractivity contribution in [2.24, 2.45) is 0 Å². The number of ether oxygens (including phenoxy) is 2. The predicted molar refractivity (Wildman–Crippen MR) is 119 cm³/mol. The van der Waals surface area contributed by atoms with Crippen LogP contribution in [0.1, 0.15) is 10.4 Å². The molecule has 3 aromatic rings. The van der Waals surface area contributed by atoms with Crippen molar-refractivity contribution in [1.82, 2.24) is 9.55 Å². The number of benzene rings is 2. The lowest BCUT2D eigenvalue weighted by molar-refractivity contribution is 0.0595. The van der Waals surface area contributed by atoms with Crippen molar-refractivity contribution in [1.29, 1.82) is 0 Å². The Hall–Kier alpha value is -3.04. The number of fused-ring (bicyclic) bond motifs is 1. The Labute approximate surface area is 180 Å². The number of rotatable bonds is 7. The van der Waals surface area contributed by atoms with Crippen LogP contribution < -0.4 is 5.56 Å². The molecule has 0 unspecified atom stereocenters. The Kier molecular flexibility index (Phi) is 6.56. The van der Waals surface area contributed by atoms with Crippen LogP contribution in [0.4, 0.5) is 4.39 Å². The van der Waals surface area contributed by atoms with Crippen molar-refractivity contribution in [3.05, 3.63) is 58.1 Å². The molecule has 0 spiro atoms. The van der Waals surface area contributed by atoms with Crippen LogP contribution in [0.5, 0.6) is 5.75 Å². The maximum absolute atomic E-state index is 15.1. The molecule has 0 saturated carbocycles. The van der Waals surface area contributed by atoms with Gasteiger partial charge in [-0.05, 0) is 30.3 Å². The molecular formula is C22H25FN2O5Si. The normalized spacial score (nSPS) is 11.6. The summed E-state index contributed by atoms with van der Waals surface area (Å²) in [7, 11) is -0.177. The van der Waals surface area contributed by atoms with E-state index in [2.05, 4.69) is 29.4 Å². The Bertz CT molecular complexity index is 1190. The van der Waals surface area contributed by atoms with Gasteiger partial charge in [0, 0.05) is 20.2 Å². The SMILES string of the molecule is COC(=O)c1cccc(-c2nc3c(O)cccc3n(COCC[Si](C)(C)C)c2=O)c1F. The molecule has 0 fully saturated rings. The molecule has 3 rings (SSSR count). The van der Waals surface area contributed by atoms with Crippen LogP contribution in [0.25, 0.3) is 22.3 Å². The van der Waals surface area contributed by atoms with Crippen LogP contribution in [-0.2, 0) is 16.2 Å². The second-order valence-electron chi connectivity index (χ2n) is 8.35. The zero-order chi connectivity index (χ0) is 22.8. The number of halogens is 1. The lowest BCUT2D eigenvalue weighted by Crippen LogP contribution is -2.27. The summed E-state index contributed by atoms with van der Waals surface area (Å²) < 4.78 is 26.7. The minimum absolute atomic E-state index is 0.0723. The fraction of sp³-hybridized carbons (Fsp3) is 0.318.